The Bertz CT molecular complexity index is 404. The van der Waals surface area contributed by atoms with Crippen LogP contribution in [0.3, 0.4) is 0 Å². The first-order chi connectivity index (χ1) is 9.23. The third kappa shape index (κ3) is 3.13. The maximum absolute atomic E-state index is 5.40. The normalized spacial score (nSPS) is 16.0. The molecule has 0 amide bonds. The molecule has 0 radical (unpaired) electrons. The van der Waals surface area contributed by atoms with E-state index in [9.17, 15) is 0 Å². The molecule has 1 aromatic rings. The van der Waals surface area contributed by atoms with E-state index in [4.69, 9.17) is 14.2 Å². The number of hydrogen-bond acceptors (Lipinski definition) is 4. The molecule has 1 aliphatic carbocycles. The zero-order valence-electron chi connectivity index (χ0n) is 12.2. The zero-order valence-corrected chi connectivity index (χ0v) is 12.2. The van der Waals surface area contributed by atoms with Crippen LogP contribution in [0.4, 0.5) is 0 Å². The fourth-order valence-electron chi connectivity index (χ4n) is 2.41. The van der Waals surface area contributed by atoms with Crippen molar-refractivity contribution in [2.24, 2.45) is 5.92 Å². The van der Waals surface area contributed by atoms with Crippen molar-refractivity contribution in [2.45, 2.75) is 25.3 Å². The molecule has 0 heterocycles. The van der Waals surface area contributed by atoms with Gasteiger partial charge in [0.2, 0.25) is 5.75 Å². The van der Waals surface area contributed by atoms with E-state index in [1.165, 1.54) is 18.4 Å². The van der Waals surface area contributed by atoms with Gasteiger partial charge in [0.05, 0.1) is 21.3 Å². The molecular weight excluding hydrogens is 242 g/mol. The summed E-state index contributed by atoms with van der Waals surface area (Å²) in [4.78, 5) is 0. The van der Waals surface area contributed by atoms with Gasteiger partial charge in [0.1, 0.15) is 0 Å². The molecule has 0 bridgehead atoms. The minimum absolute atomic E-state index is 0.334. The Labute approximate surface area is 115 Å². The Morgan fingerprint density at radius 2 is 1.68 bits per heavy atom. The minimum Gasteiger partial charge on any atom is -0.493 e. The van der Waals surface area contributed by atoms with E-state index in [-0.39, 0.29) is 0 Å². The van der Waals surface area contributed by atoms with E-state index in [1.807, 2.05) is 19.2 Å². The highest BCUT2D eigenvalue weighted by molar-refractivity contribution is 5.54. The first kappa shape index (κ1) is 14.0. The Hall–Kier alpha value is -1.42. The fourth-order valence-corrected chi connectivity index (χ4v) is 2.41. The van der Waals surface area contributed by atoms with E-state index >= 15 is 0 Å². The molecule has 0 aliphatic heterocycles. The maximum Gasteiger partial charge on any atom is 0.203 e. The van der Waals surface area contributed by atoms with Crippen molar-refractivity contribution in [3.05, 3.63) is 17.7 Å². The Morgan fingerprint density at radius 3 is 2.05 bits per heavy atom. The largest absolute Gasteiger partial charge is 0.493 e. The fraction of sp³-hybridized carbons (Fsp3) is 0.600. The maximum atomic E-state index is 5.40. The molecule has 0 spiro atoms. The first-order valence-corrected chi connectivity index (χ1v) is 6.70. The molecule has 0 saturated heterocycles. The van der Waals surface area contributed by atoms with Crippen LogP contribution in [0, 0.1) is 5.92 Å². The summed E-state index contributed by atoms with van der Waals surface area (Å²) in [5, 5.41) is 3.38. The van der Waals surface area contributed by atoms with Gasteiger partial charge in [0.15, 0.2) is 11.5 Å². The molecule has 1 saturated carbocycles. The zero-order chi connectivity index (χ0) is 13.8. The molecule has 4 heteroatoms. The van der Waals surface area contributed by atoms with Crippen molar-refractivity contribution in [1.82, 2.24) is 5.32 Å². The Morgan fingerprint density at radius 1 is 1.11 bits per heavy atom. The van der Waals surface area contributed by atoms with Gasteiger partial charge in [0, 0.05) is 6.04 Å². The third-order valence-electron chi connectivity index (χ3n) is 3.70. The third-order valence-corrected chi connectivity index (χ3v) is 3.70. The van der Waals surface area contributed by atoms with Crippen LogP contribution in [0.1, 0.15) is 30.9 Å². The molecule has 1 aliphatic rings. The van der Waals surface area contributed by atoms with Crippen LogP contribution < -0.4 is 19.5 Å². The Balaban J connectivity index is 2.32. The summed E-state index contributed by atoms with van der Waals surface area (Å²) in [6.45, 7) is 0. The highest BCUT2D eigenvalue weighted by Gasteiger charge is 2.26. The predicted molar refractivity (Wildman–Crippen MR) is 75.2 cm³/mol. The lowest BCUT2D eigenvalue weighted by molar-refractivity contribution is 0.322. The standard InChI is InChI=1S/C15H23NO3/c1-16-12(7-10-5-6-10)11-8-13(17-2)15(19-4)14(9-11)18-3/h8-10,12,16H,5-7H2,1-4H3. The lowest BCUT2D eigenvalue weighted by Gasteiger charge is -2.20. The summed E-state index contributed by atoms with van der Waals surface area (Å²) < 4.78 is 16.2. The molecule has 1 atom stereocenters. The lowest BCUT2D eigenvalue weighted by atomic mass is 10.0. The molecule has 1 aromatic carbocycles. The van der Waals surface area contributed by atoms with Crippen LogP contribution in [-0.2, 0) is 0 Å². The van der Waals surface area contributed by atoms with Crippen molar-refractivity contribution in [3.63, 3.8) is 0 Å². The number of nitrogens with one attached hydrogen (secondary N) is 1. The second-order valence-corrected chi connectivity index (χ2v) is 4.98. The second-order valence-electron chi connectivity index (χ2n) is 4.98. The van der Waals surface area contributed by atoms with Crippen LogP contribution in [0.5, 0.6) is 17.2 Å². The van der Waals surface area contributed by atoms with Gasteiger partial charge in [-0.3, -0.25) is 0 Å². The molecule has 0 aromatic heterocycles. The average molecular weight is 265 g/mol. The van der Waals surface area contributed by atoms with Gasteiger partial charge in [-0.15, -0.1) is 0 Å². The van der Waals surface area contributed by atoms with E-state index in [1.54, 1.807) is 21.3 Å². The van der Waals surface area contributed by atoms with Crippen LogP contribution in [0.15, 0.2) is 12.1 Å². The van der Waals surface area contributed by atoms with Crippen LogP contribution >= 0.6 is 0 Å². The number of benzene rings is 1. The monoisotopic (exact) mass is 265 g/mol. The average Bonchev–Trinajstić information content (AvgIpc) is 3.27. The van der Waals surface area contributed by atoms with E-state index in [0.29, 0.717) is 23.3 Å². The van der Waals surface area contributed by atoms with Crippen molar-refractivity contribution in [1.29, 1.82) is 0 Å². The molecule has 4 nitrogen and oxygen atoms in total. The van der Waals surface area contributed by atoms with Gasteiger partial charge in [-0.1, -0.05) is 12.8 Å². The molecule has 2 rings (SSSR count). The molecule has 19 heavy (non-hydrogen) atoms. The van der Waals surface area contributed by atoms with E-state index in [2.05, 4.69) is 5.32 Å². The smallest absolute Gasteiger partial charge is 0.203 e. The van der Waals surface area contributed by atoms with Crippen LogP contribution in [0.25, 0.3) is 0 Å². The SMILES string of the molecule is CNC(CC1CC1)c1cc(OC)c(OC)c(OC)c1. The first-order valence-electron chi connectivity index (χ1n) is 6.70. The summed E-state index contributed by atoms with van der Waals surface area (Å²) in [5.41, 5.74) is 1.18. The van der Waals surface area contributed by atoms with Crippen molar-refractivity contribution >= 4 is 0 Å². The molecule has 1 unspecified atom stereocenters. The molecule has 1 N–H and O–H groups in total. The predicted octanol–water partition coefficient (Wildman–Crippen LogP) is 2.77. The summed E-state index contributed by atoms with van der Waals surface area (Å²) in [7, 11) is 6.92. The van der Waals surface area contributed by atoms with Gasteiger partial charge in [-0.2, -0.15) is 0 Å². The Kier molecular flexibility index (Phi) is 4.53. The second kappa shape index (κ2) is 6.15. The number of ether oxygens (including phenoxy) is 3. The summed E-state index contributed by atoms with van der Waals surface area (Å²) >= 11 is 0. The van der Waals surface area contributed by atoms with Gasteiger partial charge in [0.25, 0.3) is 0 Å². The summed E-state index contributed by atoms with van der Waals surface area (Å²) in [6.07, 6.45) is 3.86. The number of methoxy groups -OCH3 is 3. The molecular formula is C15H23NO3. The van der Waals surface area contributed by atoms with Gasteiger partial charge in [-0.25, -0.2) is 0 Å². The van der Waals surface area contributed by atoms with Crippen molar-refractivity contribution in [2.75, 3.05) is 28.4 Å². The van der Waals surface area contributed by atoms with E-state index in [0.717, 1.165) is 12.3 Å². The van der Waals surface area contributed by atoms with Crippen molar-refractivity contribution < 1.29 is 14.2 Å². The van der Waals surface area contributed by atoms with Gasteiger partial charge >= 0.3 is 0 Å². The van der Waals surface area contributed by atoms with Crippen LogP contribution in [0.2, 0.25) is 0 Å². The quantitative estimate of drug-likeness (QED) is 0.823. The molecule has 1 fully saturated rings. The lowest BCUT2D eigenvalue weighted by Crippen LogP contribution is -2.17. The van der Waals surface area contributed by atoms with Gasteiger partial charge in [-0.05, 0) is 37.1 Å². The number of rotatable bonds is 7. The van der Waals surface area contributed by atoms with Crippen molar-refractivity contribution in [3.8, 4) is 17.2 Å². The highest BCUT2D eigenvalue weighted by Crippen LogP contribution is 2.43. The highest BCUT2D eigenvalue weighted by atomic mass is 16.5. The minimum atomic E-state index is 0.334. The number of hydrogen-bond donors (Lipinski definition) is 1. The molecule has 106 valence electrons. The summed E-state index contributed by atoms with van der Waals surface area (Å²) in [6, 6.07) is 4.40. The van der Waals surface area contributed by atoms with Gasteiger partial charge < -0.3 is 19.5 Å². The van der Waals surface area contributed by atoms with Crippen LogP contribution in [-0.4, -0.2) is 28.4 Å². The summed E-state index contributed by atoms with van der Waals surface area (Å²) in [5.74, 6) is 2.94. The van der Waals surface area contributed by atoms with E-state index < -0.39 is 0 Å². The topological polar surface area (TPSA) is 39.7 Å².